The first-order chi connectivity index (χ1) is 8.02. The predicted molar refractivity (Wildman–Crippen MR) is 60.9 cm³/mol. The second-order valence-corrected chi connectivity index (χ2v) is 4.61. The van der Waals surface area contributed by atoms with Gasteiger partial charge in [0.15, 0.2) is 0 Å². The van der Waals surface area contributed by atoms with Gasteiger partial charge in [0.1, 0.15) is 0 Å². The van der Waals surface area contributed by atoms with Gasteiger partial charge in [-0.05, 0) is 19.8 Å². The minimum Gasteiger partial charge on any atom is -0.396 e. The molecule has 1 aliphatic carbocycles. The van der Waals surface area contributed by atoms with Crippen LogP contribution < -0.4 is 11.2 Å². The van der Waals surface area contributed by atoms with Gasteiger partial charge in [-0.1, -0.05) is 0 Å². The highest BCUT2D eigenvalue weighted by molar-refractivity contribution is 5.03. The molecule has 1 aliphatic rings. The van der Waals surface area contributed by atoms with Gasteiger partial charge in [-0.3, -0.25) is 14.3 Å². The van der Waals surface area contributed by atoms with E-state index >= 15 is 0 Å². The Labute approximate surface area is 97.5 Å². The van der Waals surface area contributed by atoms with Gasteiger partial charge in [0.05, 0.1) is 6.10 Å². The lowest BCUT2D eigenvalue weighted by Crippen LogP contribution is -2.32. The third-order valence-corrected chi connectivity index (χ3v) is 3.41. The van der Waals surface area contributed by atoms with Crippen molar-refractivity contribution in [1.82, 2.24) is 9.55 Å². The van der Waals surface area contributed by atoms with Crippen LogP contribution in [0.3, 0.4) is 0 Å². The van der Waals surface area contributed by atoms with Crippen LogP contribution in [-0.4, -0.2) is 32.5 Å². The summed E-state index contributed by atoms with van der Waals surface area (Å²) in [4.78, 5) is 25.1. The van der Waals surface area contributed by atoms with E-state index < -0.39 is 11.8 Å². The minimum absolute atomic E-state index is 0.0885. The fraction of sp³-hybridized carbons (Fsp3) is 0.636. The summed E-state index contributed by atoms with van der Waals surface area (Å²) in [7, 11) is 0. The van der Waals surface area contributed by atoms with Crippen LogP contribution in [0.25, 0.3) is 0 Å². The van der Waals surface area contributed by atoms with Crippen LogP contribution in [0.4, 0.5) is 0 Å². The van der Waals surface area contributed by atoms with Crippen molar-refractivity contribution in [3.8, 4) is 0 Å². The molecular formula is C11H16N2O4. The Hall–Kier alpha value is -1.40. The van der Waals surface area contributed by atoms with Crippen molar-refractivity contribution in [2.24, 2.45) is 5.92 Å². The predicted octanol–water partition coefficient (Wildman–Crippen LogP) is -0.851. The number of nitrogens with zero attached hydrogens (tertiary/aromatic N) is 1. The molecule has 1 fully saturated rings. The Bertz CT molecular complexity index is 519. The topological polar surface area (TPSA) is 95.3 Å². The van der Waals surface area contributed by atoms with Gasteiger partial charge in [-0.15, -0.1) is 0 Å². The van der Waals surface area contributed by atoms with E-state index in [1.54, 1.807) is 6.92 Å². The van der Waals surface area contributed by atoms with Crippen LogP contribution in [0.5, 0.6) is 0 Å². The Balaban J connectivity index is 2.34. The van der Waals surface area contributed by atoms with Gasteiger partial charge < -0.3 is 10.2 Å². The van der Waals surface area contributed by atoms with Gasteiger partial charge >= 0.3 is 5.69 Å². The van der Waals surface area contributed by atoms with Crippen LogP contribution in [0.1, 0.15) is 24.4 Å². The van der Waals surface area contributed by atoms with Crippen molar-refractivity contribution >= 4 is 0 Å². The highest BCUT2D eigenvalue weighted by Gasteiger charge is 2.33. The minimum atomic E-state index is -0.593. The Morgan fingerprint density at radius 1 is 1.47 bits per heavy atom. The Morgan fingerprint density at radius 2 is 2.18 bits per heavy atom. The lowest BCUT2D eigenvalue weighted by molar-refractivity contribution is 0.0906. The molecule has 3 atom stereocenters. The third kappa shape index (κ3) is 2.18. The van der Waals surface area contributed by atoms with E-state index in [0.29, 0.717) is 18.4 Å². The molecule has 17 heavy (non-hydrogen) atoms. The summed E-state index contributed by atoms with van der Waals surface area (Å²) in [6, 6.07) is -0.162. The second-order valence-electron chi connectivity index (χ2n) is 4.61. The summed E-state index contributed by atoms with van der Waals surface area (Å²) >= 11 is 0. The molecule has 1 saturated carbocycles. The Kier molecular flexibility index (Phi) is 3.17. The van der Waals surface area contributed by atoms with Crippen molar-refractivity contribution in [3.63, 3.8) is 0 Å². The number of aromatic nitrogens is 2. The summed E-state index contributed by atoms with van der Waals surface area (Å²) in [6.45, 7) is 1.54. The maximum Gasteiger partial charge on any atom is 0.328 e. The molecule has 0 spiro atoms. The van der Waals surface area contributed by atoms with Gasteiger partial charge in [-0.25, -0.2) is 4.79 Å². The molecule has 0 radical (unpaired) electrons. The molecule has 0 aromatic carbocycles. The number of aromatic amines is 1. The van der Waals surface area contributed by atoms with Crippen molar-refractivity contribution in [2.75, 3.05) is 6.61 Å². The summed E-state index contributed by atoms with van der Waals surface area (Å²) < 4.78 is 1.44. The number of rotatable bonds is 2. The van der Waals surface area contributed by atoms with E-state index in [9.17, 15) is 14.7 Å². The summed E-state index contributed by atoms with van der Waals surface area (Å²) in [6.07, 6.45) is 1.89. The molecule has 0 amide bonds. The molecule has 6 heteroatoms. The van der Waals surface area contributed by atoms with Crippen LogP contribution in [-0.2, 0) is 0 Å². The quantitative estimate of drug-likeness (QED) is 0.627. The molecule has 0 aliphatic heterocycles. The molecule has 1 heterocycles. The largest absolute Gasteiger partial charge is 0.396 e. The summed E-state index contributed by atoms with van der Waals surface area (Å²) in [5.74, 6) is -0.195. The maximum absolute atomic E-state index is 11.6. The number of aliphatic hydroxyl groups is 2. The molecule has 1 aromatic heterocycles. The van der Waals surface area contributed by atoms with Gasteiger partial charge in [0.25, 0.3) is 5.56 Å². The van der Waals surface area contributed by atoms with Crippen LogP contribution >= 0.6 is 0 Å². The first kappa shape index (κ1) is 12.1. The number of hydrogen-bond acceptors (Lipinski definition) is 4. The normalized spacial score (nSPS) is 28.5. The first-order valence-corrected chi connectivity index (χ1v) is 5.64. The average Bonchev–Trinajstić information content (AvgIpc) is 2.65. The molecule has 94 valence electrons. The smallest absolute Gasteiger partial charge is 0.328 e. The van der Waals surface area contributed by atoms with E-state index in [2.05, 4.69) is 4.98 Å². The summed E-state index contributed by atoms with van der Waals surface area (Å²) in [5.41, 5.74) is -0.383. The van der Waals surface area contributed by atoms with Gasteiger partial charge in [0, 0.05) is 30.3 Å². The Morgan fingerprint density at radius 3 is 2.76 bits per heavy atom. The molecule has 0 saturated heterocycles. The van der Waals surface area contributed by atoms with Gasteiger partial charge in [0.2, 0.25) is 0 Å². The molecule has 1 aromatic rings. The highest BCUT2D eigenvalue weighted by atomic mass is 16.3. The maximum atomic E-state index is 11.6. The molecule has 3 N–H and O–H groups in total. The zero-order valence-corrected chi connectivity index (χ0v) is 9.59. The standard InChI is InChI=1S/C11H16N2O4/c1-6-4-13(11(17)12-10(6)16)8-2-7(5-14)9(15)3-8/h4,7-9,14-15H,2-3,5H2,1H3,(H,12,16,17)/t7-,8-,9+/m0/s1. The van der Waals surface area contributed by atoms with E-state index in [0.717, 1.165) is 0 Å². The zero-order chi connectivity index (χ0) is 12.6. The van der Waals surface area contributed by atoms with Crippen molar-refractivity contribution in [2.45, 2.75) is 31.9 Å². The zero-order valence-electron chi connectivity index (χ0n) is 9.59. The van der Waals surface area contributed by atoms with E-state index in [1.165, 1.54) is 10.8 Å². The monoisotopic (exact) mass is 240 g/mol. The van der Waals surface area contributed by atoms with Crippen molar-refractivity contribution in [1.29, 1.82) is 0 Å². The fourth-order valence-electron chi connectivity index (χ4n) is 2.35. The molecular weight excluding hydrogens is 224 g/mol. The van der Waals surface area contributed by atoms with E-state index in [-0.39, 0.29) is 24.1 Å². The van der Waals surface area contributed by atoms with Crippen LogP contribution in [0.2, 0.25) is 0 Å². The SMILES string of the molecule is Cc1cn([C@H]2C[C@@H](CO)[C@H](O)C2)c(=O)[nH]c1=O. The van der Waals surface area contributed by atoms with E-state index in [4.69, 9.17) is 5.11 Å². The van der Waals surface area contributed by atoms with E-state index in [1.807, 2.05) is 0 Å². The van der Waals surface area contributed by atoms with Crippen molar-refractivity contribution in [3.05, 3.63) is 32.6 Å². The molecule has 2 rings (SSSR count). The average molecular weight is 240 g/mol. The first-order valence-electron chi connectivity index (χ1n) is 5.64. The molecule has 0 unspecified atom stereocenters. The second kappa shape index (κ2) is 4.46. The lowest BCUT2D eigenvalue weighted by Gasteiger charge is -2.13. The summed E-state index contributed by atoms with van der Waals surface area (Å²) in [5, 5.41) is 18.8. The number of H-pyrrole nitrogens is 1. The van der Waals surface area contributed by atoms with Gasteiger partial charge in [-0.2, -0.15) is 0 Å². The lowest BCUT2D eigenvalue weighted by atomic mass is 10.1. The number of aryl methyl sites for hydroxylation is 1. The fourth-order valence-corrected chi connectivity index (χ4v) is 2.35. The number of aliphatic hydroxyl groups excluding tert-OH is 2. The van der Waals surface area contributed by atoms with Crippen LogP contribution in [0, 0.1) is 12.8 Å². The number of hydrogen-bond donors (Lipinski definition) is 3. The van der Waals surface area contributed by atoms with Crippen molar-refractivity contribution < 1.29 is 10.2 Å². The number of nitrogens with one attached hydrogen (secondary N) is 1. The van der Waals surface area contributed by atoms with Crippen LogP contribution in [0.15, 0.2) is 15.8 Å². The molecule has 6 nitrogen and oxygen atoms in total. The third-order valence-electron chi connectivity index (χ3n) is 3.41. The highest BCUT2D eigenvalue weighted by Crippen LogP contribution is 2.33. The molecule has 0 bridgehead atoms.